The molecule has 2 rings (SSSR count). The Morgan fingerprint density at radius 2 is 1.86 bits per heavy atom. The van der Waals surface area contributed by atoms with Gasteiger partial charge in [-0.3, -0.25) is 4.79 Å². The van der Waals surface area contributed by atoms with E-state index in [1.54, 1.807) is 5.32 Å². The number of ether oxygens (including phenoxy) is 1. The van der Waals surface area contributed by atoms with Crippen molar-refractivity contribution in [1.29, 1.82) is 0 Å². The van der Waals surface area contributed by atoms with Crippen LogP contribution in [0.5, 0.6) is 0 Å². The number of alkyl halides is 3. The number of esters is 1. The standard InChI is InChI=1S/C14H15F3N2O3/c1-22-12(20)10-8-9(18-13(21)14(15,16)17)4-5-11(10)19-6-2-3-7-19/h4-5,8H,2-3,6-7H2,1H3,(H,18,21). The van der Waals surface area contributed by atoms with Crippen molar-refractivity contribution < 1.29 is 27.5 Å². The van der Waals surface area contributed by atoms with Crippen molar-refractivity contribution in [1.82, 2.24) is 0 Å². The first kappa shape index (κ1) is 16.1. The molecule has 5 nitrogen and oxygen atoms in total. The first-order valence-electron chi connectivity index (χ1n) is 6.68. The second-order valence-corrected chi connectivity index (χ2v) is 4.87. The Kier molecular flexibility index (Phi) is 4.58. The number of anilines is 2. The highest BCUT2D eigenvalue weighted by molar-refractivity contribution is 6.00. The van der Waals surface area contributed by atoms with Gasteiger partial charge in [0.05, 0.1) is 18.4 Å². The number of methoxy groups -OCH3 is 1. The van der Waals surface area contributed by atoms with Crippen LogP contribution in [0.2, 0.25) is 0 Å². The minimum atomic E-state index is -4.99. The number of benzene rings is 1. The zero-order valence-corrected chi connectivity index (χ0v) is 11.9. The molecule has 1 N–H and O–H groups in total. The second-order valence-electron chi connectivity index (χ2n) is 4.87. The number of carbonyl (C=O) groups is 2. The molecule has 0 bridgehead atoms. The van der Waals surface area contributed by atoms with Gasteiger partial charge < -0.3 is 15.0 Å². The normalized spacial score (nSPS) is 14.8. The highest BCUT2D eigenvalue weighted by Crippen LogP contribution is 2.29. The fourth-order valence-electron chi connectivity index (χ4n) is 2.32. The van der Waals surface area contributed by atoms with Gasteiger partial charge in [-0.05, 0) is 31.0 Å². The summed E-state index contributed by atoms with van der Waals surface area (Å²) in [7, 11) is 1.19. The monoisotopic (exact) mass is 316 g/mol. The van der Waals surface area contributed by atoms with E-state index in [1.807, 2.05) is 4.90 Å². The number of hydrogen-bond donors (Lipinski definition) is 1. The van der Waals surface area contributed by atoms with Gasteiger partial charge in [-0.15, -0.1) is 0 Å². The number of hydrogen-bond acceptors (Lipinski definition) is 4. The summed E-state index contributed by atoms with van der Waals surface area (Å²) in [5.74, 6) is -2.75. The Labute approximate surface area is 125 Å². The van der Waals surface area contributed by atoms with Gasteiger partial charge in [0.1, 0.15) is 0 Å². The number of nitrogens with one attached hydrogen (secondary N) is 1. The fourth-order valence-corrected chi connectivity index (χ4v) is 2.32. The molecular formula is C14H15F3N2O3. The molecule has 120 valence electrons. The van der Waals surface area contributed by atoms with Gasteiger partial charge in [-0.2, -0.15) is 13.2 Å². The Morgan fingerprint density at radius 3 is 2.41 bits per heavy atom. The summed E-state index contributed by atoms with van der Waals surface area (Å²) in [6, 6.07) is 4.05. The summed E-state index contributed by atoms with van der Waals surface area (Å²) in [5.41, 5.74) is 0.615. The lowest BCUT2D eigenvalue weighted by atomic mass is 10.1. The van der Waals surface area contributed by atoms with Crippen molar-refractivity contribution in [3.8, 4) is 0 Å². The van der Waals surface area contributed by atoms with Crippen LogP contribution >= 0.6 is 0 Å². The lowest BCUT2D eigenvalue weighted by molar-refractivity contribution is -0.167. The smallest absolute Gasteiger partial charge is 0.465 e. The molecule has 0 aromatic heterocycles. The van der Waals surface area contributed by atoms with Crippen molar-refractivity contribution in [2.24, 2.45) is 0 Å². The fraction of sp³-hybridized carbons (Fsp3) is 0.429. The van der Waals surface area contributed by atoms with Crippen LogP contribution in [-0.4, -0.2) is 38.3 Å². The molecule has 0 spiro atoms. The maximum atomic E-state index is 12.3. The number of halogens is 3. The number of carbonyl (C=O) groups excluding carboxylic acids is 2. The zero-order chi connectivity index (χ0) is 16.3. The SMILES string of the molecule is COC(=O)c1cc(NC(=O)C(F)(F)F)ccc1N1CCCC1. The molecule has 8 heteroatoms. The third kappa shape index (κ3) is 3.49. The lowest BCUT2D eigenvalue weighted by Gasteiger charge is -2.21. The predicted octanol–water partition coefficient (Wildman–Crippen LogP) is 2.57. The van der Waals surface area contributed by atoms with Crippen LogP contribution in [0.25, 0.3) is 0 Å². The van der Waals surface area contributed by atoms with Crippen LogP contribution in [0, 0.1) is 0 Å². The van der Waals surface area contributed by atoms with Crippen molar-refractivity contribution in [2.75, 3.05) is 30.4 Å². The van der Waals surface area contributed by atoms with Crippen LogP contribution in [0.3, 0.4) is 0 Å². The highest BCUT2D eigenvalue weighted by atomic mass is 19.4. The molecule has 1 aromatic rings. The van der Waals surface area contributed by atoms with Gasteiger partial charge in [0.15, 0.2) is 0 Å². The van der Waals surface area contributed by atoms with Crippen LogP contribution < -0.4 is 10.2 Å². The topological polar surface area (TPSA) is 58.6 Å². The molecule has 1 amide bonds. The van der Waals surface area contributed by atoms with Gasteiger partial charge >= 0.3 is 18.1 Å². The predicted molar refractivity (Wildman–Crippen MR) is 73.9 cm³/mol. The van der Waals surface area contributed by atoms with Crippen molar-refractivity contribution >= 4 is 23.3 Å². The number of rotatable bonds is 3. The Balaban J connectivity index is 2.31. The van der Waals surface area contributed by atoms with Crippen LogP contribution in [0.4, 0.5) is 24.5 Å². The zero-order valence-electron chi connectivity index (χ0n) is 11.9. The van der Waals surface area contributed by atoms with E-state index in [-0.39, 0.29) is 11.3 Å². The number of nitrogens with zero attached hydrogens (tertiary/aromatic N) is 1. The van der Waals surface area contributed by atoms with E-state index in [1.165, 1.54) is 25.3 Å². The van der Waals surface area contributed by atoms with Crippen LogP contribution in [0.1, 0.15) is 23.2 Å². The summed E-state index contributed by atoms with van der Waals surface area (Å²) in [5, 5.41) is 1.73. The average molecular weight is 316 g/mol. The summed E-state index contributed by atoms with van der Waals surface area (Å²) in [6.07, 6.45) is -3.03. The molecule has 22 heavy (non-hydrogen) atoms. The molecule has 1 saturated heterocycles. The minimum Gasteiger partial charge on any atom is -0.465 e. The third-order valence-corrected chi connectivity index (χ3v) is 3.36. The molecule has 1 heterocycles. The quantitative estimate of drug-likeness (QED) is 0.871. The maximum Gasteiger partial charge on any atom is 0.471 e. The van der Waals surface area contributed by atoms with E-state index in [0.29, 0.717) is 5.69 Å². The third-order valence-electron chi connectivity index (χ3n) is 3.36. The Hall–Kier alpha value is -2.25. The number of amides is 1. The van der Waals surface area contributed by atoms with Gasteiger partial charge in [-0.1, -0.05) is 0 Å². The van der Waals surface area contributed by atoms with Gasteiger partial charge in [-0.25, -0.2) is 4.79 Å². The summed E-state index contributed by atoms with van der Waals surface area (Å²) in [6.45, 7) is 1.52. The minimum absolute atomic E-state index is 0.106. The van der Waals surface area contributed by atoms with Crippen molar-refractivity contribution in [2.45, 2.75) is 19.0 Å². The van der Waals surface area contributed by atoms with E-state index in [9.17, 15) is 22.8 Å². The summed E-state index contributed by atoms with van der Waals surface area (Å²) < 4.78 is 41.5. The Bertz CT molecular complexity index is 581. The Morgan fingerprint density at radius 1 is 1.23 bits per heavy atom. The van der Waals surface area contributed by atoms with E-state index in [0.717, 1.165) is 25.9 Å². The van der Waals surface area contributed by atoms with Gasteiger partial charge in [0, 0.05) is 18.8 Å². The van der Waals surface area contributed by atoms with Crippen molar-refractivity contribution in [3.63, 3.8) is 0 Å². The van der Waals surface area contributed by atoms with E-state index in [4.69, 9.17) is 0 Å². The van der Waals surface area contributed by atoms with Gasteiger partial charge in [0.2, 0.25) is 0 Å². The molecule has 1 aromatic carbocycles. The average Bonchev–Trinajstić information content (AvgIpc) is 2.99. The molecule has 0 unspecified atom stereocenters. The molecule has 0 radical (unpaired) electrons. The summed E-state index contributed by atoms with van der Waals surface area (Å²) >= 11 is 0. The molecular weight excluding hydrogens is 301 g/mol. The summed E-state index contributed by atoms with van der Waals surface area (Å²) in [4.78, 5) is 24.8. The lowest BCUT2D eigenvalue weighted by Crippen LogP contribution is -2.30. The van der Waals surface area contributed by atoms with Gasteiger partial charge in [0.25, 0.3) is 0 Å². The molecule has 0 aliphatic carbocycles. The van der Waals surface area contributed by atoms with Crippen LogP contribution in [0.15, 0.2) is 18.2 Å². The van der Waals surface area contributed by atoms with E-state index in [2.05, 4.69) is 4.74 Å². The molecule has 0 saturated carbocycles. The van der Waals surface area contributed by atoms with Crippen LogP contribution in [-0.2, 0) is 9.53 Å². The largest absolute Gasteiger partial charge is 0.471 e. The molecule has 1 aliphatic heterocycles. The van der Waals surface area contributed by atoms with Crippen molar-refractivity contribution in [3.05, 3.63) is 23.8 Å². The maximum absolute atomic E-state index is 12.3. The van der Waals surface area contributed by atoms with E-state index < -0.39 is 18.1 Å². The second kappa shape index (κ2) is 6.25. The molecule has 1 aliphatic rings. The first-order chi connectivity index (χ1) is 10.3. The molecule has 0 atom stereocenters. The highest BCUT2D eigenvalue weighted by Gasteiger charge is 2.38. The first-order valence-corrected chi connectivity index (χ1v) is 6.68. The molecule has 1 fully saturated rings. The van der Waals surface area contributed by atoms with E-state index >= 15 is 0 Å².